The number of rotatable bonds is 2. The molecular formula is C14H9FN4. The van der Waals surface area contributed by atoms with E-state index in [9.17, 15) is 4.39 Å². The summed E-state index contributed by atoms with van der Waals surface area (Å²) in [6.07, 6.45) is 4.08. The van der Waals surface area contributed by atoms with Crippen LogP contribution in [0.2, 0.25) is 0 Å². The van der Waals surface area contributed by atoms with Crippen LogP contribution in [0.5, 0.6) is 0 Å². The van der Waals surface area contributed by atoms with Crippen molar-refractivity contribution in [3.8, 4) is 6.19 Å². The van der Waals surface area contributed by atoms with Gasteiger partial charge in [0.05, 0.1) is 5.69 Å². The number of hydrogen-bond acceptors (Lipinski definition) is 3. The van der Waals surface area contributed by atoms with Crippen LogP contribution in [0.25, 0.3) is 11.0 Å². The van der Waals surface area contributed by atoms with Crippen molar-refractivity contribution in [2.24, 2.45) is 0 Å². The third kappa shape index (κ3) is 2.04. The minimum atomic E-state index is -0.283. The molecule has 0 N–H and O–H groups in total. The average molecular weight is 252 g/mol. The molecule has 2 heterocycles. The lowest BCUT2D eigenvalue weighted by atomic mass is 10.1. The maximum atomic E-state index is 13.2. The highest BCUT2D eigenvalue weighted by atomic mass is 19.1. The average Bonchev–Trinajstić information content (AvgIpc) is 2.77. The number of aromatic nitrogens is 3. The summed E-state index contributed by atoms with van der Waals surface area (Å²) in [6.45, 7) is 0. The number of hydrogen-bond donors (Lipinski definition) is 0. The first kappa shape index (κ1) is 11.4. The number of pyridine rings is 1. The summed E-state index contributed by atoms with van der Waals surface area (Å²) in [7, 11) is 0. The van der Waals surface area contributed by atoms with E-state index < -0.39 is 0 Å². The quantitative estimate of drug-likeness (QED) is 0.704. The van der Waals surface area contributed by atoms with Gasteiger partial charge >= 0.3 is 0 Å². The second-order valence-electron chi connectivity index (χ2n) is 4.14. The molecule has 4 nitrogen and oxygen atoms in total. The Labute approximate surface area is 108 Å². The summed E-state index contributed by atoms with van der Waals surface area (Å²) in [6, 6.07) is 9.87. The maximum Gasteiger partial charge on any atom is 0.207 e. The Kier molecular flexibility index (Phi) is 2.69. The number of nitrogens with zero attached hydrogens (tertiary/aromatic N) is 4. The minimum Gasteiger partial charge on any atom is -0.253 e. The molecule has 0 aliphatic carbocycles. The normalized spacial score (nSPS) is 10.5. The molecule has 0 unspecified atom stereocenters. The molecule has 0 aliphatic rings. The first-order chi connectivity index (χ1) is 9.28. The first-order valence-electron chi connectivity index (χ1n) is 5.75. The summed E-state index contributed by atoms with van der Waals surface area (Å²) < 4.78 is 14.4. The Hall–Kier alpha value is -2.74. The highest BCUT2D eigenvalue weighted by molar-refractivity contribution is 5.78. The monoisotopic (exact) mass is 252 g/mol. The predicted molar refractivity (Wildman–Crippen MR) is 67.7 cm³/mol. The molecule has 0 spiro atoms. The van der Waals surface area contributed by atoms with Gasteiger partial charge in [-0.15, -0.1) is 0 Å². The van der Waals surface area contributed by atoms with Crippen LogP contribution in [0.15, 0.2) is 42.6 Å². The molecule has 0 aliphatic heterocycles. The zero-order valence-electron chi connectivity index (χ0n) is 9.92. The van der Waals surface area contributed by atoms with Crippen LogP contribution in [0, 0.1) is 17.3 Å². The maximum absolute atomic E-state index is 13.2. The van der Waals surface area contributed by atoms with Gasteiger partial charge in [-0.1, -0.05) is 12.1 Å². The Morgan fingerprint density at radius 3 is 2.95 bits per heavy atom. The van der Waals surface area contributed by atoms with E-state index in [4.69, 9.17) is 5.26 Å². The fourth-order valence-corrected chi connectivity index (χ4v) is 2.05. The van der Waals surface area contributed by atoms with Crippen molar-refractivity contribution in [3.05, 3.63) is 59.7 Å². The van der Waals surface area contributed by atoms with Crippen molar-refractivity contribution >= 4 is 11.0 Å². The molecule has 0 amide bonds. The molecular weight excluding hydrogens is 243 g/mol. The Balaban J connectivity index is 2.09. The van der Waals surface area contributed by atoms with Gasteiger partial charge in [0, 0.05) is 12.6 Å². The first-order valence-corrected chi connectivity index (χ1v) is 5.75. The second-order valence-corrected chi connectivity index (χ2v) is 4.14. The van der Waals surface area contributed by atoms with Crippen LogP contribution in [0.4, 0.5) is 4.39 Å². The second kappa shape index (κ2) is 4.50. The molecule has 0 atom stereocenters. The van der Waals surface area contributed by atoms with Crippen LogP contribution in [0.1, 0.15) is 11.3 Å². The van der Waals surface area contributed by atoms with E-state index in [1.807, 2.05) is 12.3 Å². The number of nitriles is 1. The number of fused-ring (bicyclic) bond motifs is 1. The lowest BCUT2D eigenvalue weighted by Gasteiger charge is -1.98. The van der Waals surface area contributed by atoms with E-state index in [0.717, 1.165) is 5.56 Å². The molecule has 19 heavy (non-hydrogen) atoms. The molecule has 5 heteroatoms. The van der Waals surface area contributed by atoms with Crippen LogP contribution in [-0.4, -0.2) is 14.8 Å². The summed E-state index contributed by atoms with van der Waals surface area (Å²) in [5.74, 6) is -0.283. The van der Waals surface area contributed by atoms with Crippen molar-refractivity contribution in [3.63, 3.8) is 0 Å². The molecule has 92 valence electrons. The van der Waals surface area contributed by atoms with Crippen LogP contribution < -0.4 is 0 Å². The lowest BCUT2D eigenvalue weighted by molar-refractivity contribution is 0.626. The molecule has 0 fully saturated rings. The van der Waals surface area contributed by atoms with Crippen molar-refractivity contribution in [2.75, 3.05) is 0 Å². The number of benzene rings is 1. The van der Waals surface area contributed by atoms with Gasteiger partial charge in [0.25, 0.3) is 0 Å². The van der Waals surface area contributed by atoms with Crippen LogP contribution >= 0.6 is 0 Å². The van der Waals surface area contributed by atoms with Gasteiger partial charge in [0.15, 0.2) is 0 Å². The van der Waals surface area contributed by atoms with Gasteiger partial charge in [-0.25, -0.2) is 4.39 Å². The zero-order valence-corrected chi connectivity index (χ0v) is 9.92. The summed E-state index contributed by atoms with van der Waals surface area (Å²) in [5.41, 5.74) is 2.81. The Morgan fingerprint density at radius 1 is 1.26 bits per heavy atom. The van der Waals surface area contributed by atoms with Gasteiger partial charge in [-0.05, 0) is 29.8 Å². The van der Waals surface area contributed by atoms with Gasteiger partial charge in [0.1, 0.15) is 16.9 Å². The third-order valence-electron chi connectivity index (χ3n) is 2.86. The summed E-state index contributed by atoms with van der Waals surface area (Å²) in [5, 5.41) is 13.2. The topological polar surface area (TPSA) is 54.5 Å². The zero-order chi connectivity index (χ0) is 13.2. The van der Waals surface area contributed by atoms with Gasteiger partial charge < -0.3 is 0 Å². The SMILES string of the molecule is N#Cn1nc(Cc2cccc(F)c2)c2ncccc21. The van der Waals surface area contributed by atoms with Crippen molar-refractivity contribution in [1.82, 2.24) is 14.8 Å². The molecule has 3 rings (SSSR count). The molecule has 1 aromatic carbocycles. The highest BCUT2D eigenvalue weighted by Crippen LogP contribution is 2.18. The van der Waals surface area contributed by atoms with Crippen molar-refractivity contribution < 1.29 is 4.39 Å². The van der Waals surface area contributed by atoms with Crippen LogP contribution in [-0.2, 0) is 6.42 Å². The van der Waals surface area contributed by atoms with Gasteiger partial charge in [-0.3, -0.25) is 4.98 Å². The minimum absolute atomic E-state index is 0.283. The molecule has 0 bridgehead atoms. The molecule has 0 saturated carbocycles. The van der Waals surface area contributed by atoms with E-state index in [1.54, 1.807) is 24.4 Å². The summed E-state index contributed by atoms with van der Waals surface area (Å²) >= 11 is 0. The van der Waals surface area contributed by atoms with E-state index >= 15 is 0 Å². The van der Waals surface area contributed by atoms with E-state index in [1.165, 1.54) is 16.8 Å². The van der Waals surface area contributed by atoms with Crippen molar-refractivity contribution in [1.29, 1.82) is 5.26 Å². The molecule has 0 radical (unpaired) electrons. The predicted octanol–water partition coefficient (Wildman–Crippen LogP) is 2.49. The molecule has 0 saturated heterocycles. The van der Waals surface area contributed by atoms with Gasteiger partial charge in [-0.2, -0.15) is 15.0 Å². The fraction of sp³-hybridized carbons (Fsp3) is 0.0714. The molecule has 3 aromatic rings. The lowest BCUT2D eigenvalue weighted by Crippen LogP contribution is -1.94. The fourth-order valence-electron chi connectivity index (χ4n) is 2.05. The largest absolute Gasteiger partial charge is 0.253 e. The van der Waals surface area contributed by atoms with E-state index in [2.05, 4.69) is 10.1 Å². The van der Waals surface area contributed by atoms with Crippen molar-refractivity contribution in [2.45, 2.75) is 6.42 Å². The summed E-state index contributed by atoms with van der Waals surface area (Å²) in [4.78, 5) is 4.24. The van der Waals surface area contributed by atoms with Gasteiger partial charge in [0.2, 0.25) is 6.19 Å². The third-order valence-corrected chi connectivity index (χ3v) is 2.86. The van der Waals surface area contributed by atoms with Crippen LogP contribution in [0.3, 0.4) is 0 Å². The smallest absolute Gasteiger partial charge is 0.207 e. The highest BCUT2D eigenvalue weighted by Gasteiger charge is 2.11. The van der Waals surface area contributed by atoms with E-state index in [-0.39, 0.29) is 5.82 Å². The standard InChI is InChI=1S/C14H9FN4/c15-11-4-1-3-10(7-11)8-12-14-13(5-2-6-17-14)19(9-16)18-12/h1-7H,8H2. The molecule has 2 aromatic heterocycles. The Bertz CT molecular complexity index is 785. The Morgan fingerprint density at radius 2 is 2.16 bits per heavy atom. The number of halogens is 1. The van der Waals surface area contributed by atoms with E-state index in [0.29, 0.717) is 23.1 Å².